The van der Waals surface area contributed by atoms with Gasteiger partial charge in [-0.25, -0.2) is 9.78 Å². The van der Waals surface area contributed by atoms with Gasteiger partial charge in [0.2, 0.25) is 0 Å². The summed E-state index contributed by atoms with van der Waals surface area (Å²) in [5.41, 5.74) is 1.23. The number of carbonyl (C=O) groups excluding carboxylic acids is 2. The lowest BCUT2D eigenvalue weighted by Crippen LogP contribution is -2.12. The van der Waals surface area contributed by atoms with E-state index in [0.717, 1.165) is 5.56 Å². The Morgan fingerprint density at radius 1 is 1.15 bits per heavy atom. The minimum atomic E-state index is -0.514. The van der Waals surface area contributed by atoms with Gasteiger partial charge in [0.1, 0.15) is 11.6 Å². The zero-order chi connectivity index (χ0) is 18.4. The van der Waals surface area contributed by atoms with E-state index in [-0.39, 0.29) is 5.91 Å². The highest BCUT2D eigenvalue weighted by atomic mass is 16.5. The normalized spacial score (nSPS) is 10.7. The quantitative estimate of drug-likeness (QED) is 0.435. The van der Waals surface area contributed by atoms with Crippen molar-refractivity contribution in [1.29, 1.82) is 0 Å². The molecule has 0 unspecified atom stereocenters. The van der Waals surface area contributed by atoms with Crippen molar-refractivity contribution in [3.8, 4) is 5.75 Å². The monoisotopic (exact) mass is 348 g/mol. The molecular formula is C19H16N4O3. The maximum Gasteiger partial charge on any atom is 0.336 e. The van der Waals surface area contributed by atoms with Gasteiger partial charge in [0, 0.05) is 36.6 Å². The van der Waals surface area contributed by atoms with Crippen molar-refractivity contribution in [3.05, 3.63) is 78.3 Å². The largest absolute Gasteiger partial charge is 0.423 e. The first-order valence-corrected chi connectivity index (χ1v) is 7.81. The number of rotatable bonds is 5. The Morgan fingerprint density at radius 2 is 1.96 bits per heavy atom. The molecule has 0 bridgehead atoms. The molecule has 7 heteroatoms. The highest BCUT2D eigenvalue weighted by molar-refractivity contribution is 6.03. The minimum absolute atomic E-state index is 0.293. The molecule has 1 aromatic carbocycles. The number of aryl methyl sites for hydroxylation is 1. The van der Waals surface area contributed by atoms with E-state index in [9.17, 15) is 9.59 Å². The first kappa shape index (κ1) is 17.1. The van der Waals surface area contributed by atoms with Crippen molar-refractivity contribution in [2.75, 3.05) is 5.32 Å². The van der Waals surface area contributed by atoms with E-state index >= 15 is 0 Å². The van der Waals surface area contributed by atoms with E-state index in [1.54, 1.807) is 78.9 Å². The number of nitrogens with zero attached hydrogens (tertiary/aromatic N) is 3. The molecule has 3 rings (SSSR count). The highest BCUT2D eigenvalue weighted by Gasteiger charge is 2.08. The minimum Gasteiger partial charge on any atom is -0.423 e. The van der Waals surface area contributed by atoms with E-state index in [4.69, 9.17) is 4.74 Å². The van der Waals surface area contributed by atoms with Gasteiger partial charge in [-0.05, 0) is 42.5 Å². The Balaban J connectivity index is 1.57. The van der Waals surface area contributed by atoms with Crippen LogP contribution in [0.3, 0.4) is 0 Å². The smallest absolute Gasteiger partial charge is 0.336 e. The summed E-state index contributed by atoms with van der Waals surface area (Å²) in [6.07, 6.45) is 7.94. The number of pyridine rings is 1. The highest BCUT2D eigenvalue weighted by Crippen LogP contribution is 2.14. The van der Waals surface area contributed by atoms with Crippen molar-refractivity contribution in [2.24, 2.45) is 7.05 Å². The molecule has 0 saturated carbocycles. The summed E-state index contributed by atoms with van der Waals surface area (Å²) in [6, 6.07) is 11.5. The van der Waals surface area contributed by atoms with Crippen LogP contribution >= 0.6 is 0 Å². The molecule has 7 nitrogen and oxygen atoms in total. The molecule has 0 aliphatic carbocycles. The van der Waals surface area contributed by atoms with Gasteiger partial charge in [-0.2, -0.15) is 5.10 Å². The fourth-order valence-corrected chi connectivity index (χ4v) is 2.14. The molecule has 0 fully saturated rings. The summed E-state index contributed by atoms with van der Waals surface area (Å²) < 4.78 is 6.84. The van der Waals surface area contributed by atoms with Gasteiger partial charge < -0.3 is 10.1 Å². The molecule has 0 aliphatic heterocycles. The number of amides is 1. The second kappa shape index (κ2) is 7.89. The number of nitrogens with one attached hydrogen (secondary N) is 1. The van der Waals surface area contributed by atoms with Gasteiger partial charge in [0.25, 0.3) is 5.91 Å². The molecule has 0 radical (unpaired) electrons. The number of hydrogen-bond donors (Lipinski definition) is 1. The van der Waals surface area contributed by atoms with E-state index < -0.39 is 5.97 Å². The first-order valence-electron chi connectivity index (χ1n) is 7.81. The molecule has 0 atom stereocenters. The van der Waals surface area contributed by atoms with E-state index in [1.165, 1.54) is 6.08 Å². The first-order chi connectivity index (χ1) is 12.6. The molecule has 2 aromatic heterocycles. The van der Waals surface area contributed by atoms with Crippen LogP contribution in [0.15, 0.2) is 67.1 Å². The Morgan fingerprint density at radius 3 is 2.62 bits per heavy atom. The predicted molar refractivity (Wildman–Crippen MR) is 96.5 cm³/mol. The maximum atomic E-state index is 12.1. The van der Waals surface area contributed by atoms with Gasteiger partial charge >= 0.3 is 5.97 Å². The summed E-state index contributed by atoms with van der Waals surface area (Å²) in [7, 11) is 1.79. The van der Waals surface area contributed by atoms with Crippen molar-refractivity contribution >= 4 is 23.8 Å². The molecule has 2 heterocycles. The zero-order valence-electron chi connectivity index (χ0n) is 14.0. The van der Waals surface area contributed by atoms with Gasteiger partial charge in [-0.15, -0.1) is 0 Å². The number of benzene rings is 1. The Hall–Kier alpha value is -3.74. The van der Waals surface area contributed by atoms with Gasteiger partial charge in [-0.1, -0.05) is 6.07 Å². The van der Waals surface area contributed by atoms with Crippen molar-refractivity contribution in [3.63, 3.8) is 0 Å². The molecular weight excluding hydrogens is 332 g/mol. The number of hydrogen-bond acceptors (Lipinski definition) is 5. The second-order valence-corrected chi connectivity index (χ2v) is 5.40. The Labute approximate surface area is 149 Å². The van der Waals surface area contributed by atoms with Crippen molar-refractivity contribution < 1.29 is 14.3 Å². The fourth-order valence-electron chi connectivity index (χ4n) is 2.14. The number of esters is 1. The van der Waals surface area contributed by atoms with Crippen LogP contribution in [0.1, 0.15) is 15.9 Å². The Kier molecular flexibility index (Phi) is 5.19. The van der Waals surface area contributed by atoms with E-state index in [1.807, 2.05) is 0 Å². The molecule has 0 saturated heterocycles. The third-order valence-corrected chi connectivity index (χ3v) is 3.38. The van der Waals surface area contributed by atoms with Crippen molar-refractivity contribution in [1.82, 2.24) is 14.8 Å². The average Bonchev–Trinajstić information content (AvgIpc) is 3.07. The summed E-state index contributed by atoms with van der Waals surface area (Å²) in [5, 5.41) is 6.69. The van der Waals surface area contributed by atoms with Crippen LogP contribution in [0.25, 0.3) is 6.08 Å². The lowest BCUT2D eigenvalue weighted by atomic mass is 10.2. The third kappa shape index (κ3) is 4.64. The predicted octanol–water partition coefficient (Wildman–Crippen LogP) is 2.69. The summed E-state index contributed by atoms with van der Waals surface area (Å²) in [4.78, 5) is 28.0. The van der Waals surface area contributed by atoms with Crippen LogP contribution < -0.4 is 10.1 Å². The Bertz CT molecular complexity index is 931. The fraction of sp³-hybridized carbons (Fsp3) is 0.0526. The molecule has 130 valence electrons. The lowest BCUT2D eigenvalue weighted by molar-refractivity contribution is -0.128. The number of ether oxygens (including phenoxy) is 1. The van der Waals surface area contributed by atoms with Gasteiger partial charge in [0.05, 0.1) is 6.20 Å². The van der Waals surface area contributed by atoms with Crippen LogP contribution in [0.4, 0.5) is 5.82 Å². The number of anilines is 1. The molecule has 26 heavy (non-hydrogen) atoms. The van der Waals surface area contributed by atoms with E-state index in [0.29, 0.717) is 17.1 Å². The SMILES string of the molecule is Cn1cc(/C=C/C(=O)Oc2ccc(C(=O)Nc3ccccn3)cc2)cn1. The summed E-state index contributed by atoms with van der Waals surface area (Å²) >= 11 is 0. The topological polar surface area (TPSA) is 86.1 Å². The lowest BCUT2D eigenvalue weighted by Gasteiger charge is -2.05. The maximum absolute atomic E-state index is 12.1. The molecule has 3 aromatic rings. The van der Waals surface area contributed by atoms with Crippen LogP contribution in [0, 0.1) is 0 Å². The standard InChI is InChI=1S/C19H16N4O3/c1-23-13-14(12-21-23)5-10-18(24)26-16-8-6-15(7-9-16)19(25)22-17-4-2-3-11-20-17/h2-13H,1H3,(H,20,22,25)/b10-5+. The summed E-state index contributed by atoms with van der Waals surface area (Å²) in [5.74, 6) is 0.00589. The van der Waals surface area contributed by atoms with Gasteiger partial charge in [-0.3, -0.25) is 9.48 Å². The second-order valence-electron chi connectivity index (χ2n) is 5.40. The number of carbonyl (C=O) groups is 2. The molecule has 0 spiro atoms. The average molecular weight is 348 g/mol. The third-order valence-electron chi connectivity index (χ3n) is 3.38. The van der Waals surface area contributed by atoms with Crippen LogP contribution in [-0.2, 0) is 11.8 Å². The summed E-state index contributed by atoms with van der Waals surface area (Å²) in [6.45, 7) is 0. The van der Waals surface area contributed by atoms with Crippen molar-refractivity contribution in [2.45, 2.75) is 0 Å². The molecule has 1 amide bonds. The van der Waals surface area contributed by atoms with Gasteiger partial charge in [0.15, 0.2) is 0 Å². The van der Waals surface area contributed by atoms with Crippen LogP contribution in [0.5, 0.6) is 5.75 Å². The van der Waals surface area contributed by atoms with E-state index in [2.05, 4.69) is 15.4 Å². The van der Waals surface area contributed by atoms with Crippen LogP contribution in [-0.4, -0.2) is 26.6 Å². The molecule has 0 aliphatic rings. The number of aromatic nitrogens is 3. The zero-order valence-corrected chi connectivity index (χ0v) is 14.0. The molecule has 1 N–H and O–H groups in total. The van der Waals surface area contributed by atoms with Crippen LogP contribution in [0.2, 0.25) is 0 Å².